The number of carbonyl (C=O) groups is 1. The zero-order valence-electron chi connectivity index (χ0n) is 11.0. The average molecular weight is 240 g/mol. The minimum Gasteiger partial charge on any atom is -0.466 e. The van der Waals surface area contributed by atoms with Crippen molar-refractivity contribution >= 4 is 5.97 Å². The molecule has 1 atom stereocenters. The van der Waals surface area contributed by atoms with Gasteiger partial charge in [-0.25, -0.2) is 4.39 Å². The Kier molecular flexibility index (Phi) is 8.03. The number of rotatable bonds is 4. The second-order valence-corrected chi connectivity index (χ2v) is 3.48. The van der Waals surface area contributed by atoms with E-state index in [0.29, 0.717) is 13.0 Å². The summed E-state index contributed by atoms with van der Waals surface area (Å²) in [5, 5.41) is 0. The second-order valence-electron chi connectivity index (χ2n) is 3.48. The van der Waals surface area contributed by atoms with Crippen LogP contribution < -0.4 is 0 Å². The van der Waals surface area contributed by atoms with Crippen molar-refractivity contribution in [3.63, 3.8) is 0 Å². The van der Waals surface area contributed by atoms with Gasteiger partial charge in [-0.15, -0.1) is 0 Å². The van der Waals surface area contributed by atoms with Crippen LogP contribution in [-0.2, 0) is 16.0 Å². The van der Waals surface area contributed by atoms with E-state index in [9.17, 15) is 9.18 Å². The van der Waals surface area contributed by atoms with Crippen LogP contribution in [0.2, 0.25) is 0 Å². The van der Waals surface area contributed by atoms with Gasteiger partial charge >= 0.3 is 5.97 Å². The Morgan fingerprint density at radius 3 is 2.29 bits per heavy atom. The smallest absolute Gasteiger partial charge is 0.308 e. The summed E-state index contributed by atoms with van der Waals surface area (Å²) in [6, 6.07) is 6.16. The first-order valence-electron chi connectivity index (χ1n) is 6.04. The number of hydrogen-bond donors (Lipinski definition) is 0. The Balaban J connectivity index is 0.00000121. The third kappa shape index (κ3) is 6.05. The van der Waals surface area contributed by atoms with E-state index in [-0.39, 0.29) is 17.7 Å². The molecule has 0 spiro atoms. The van der Waals surface area contributed by atoms with Gasteiger partial charge in [0.05, 0.1) is 12.5 Å². The lowest BCUT2D eigenvalue weighted by Gasteiger charge is -2.10. The van der Waals surface area contributed by atoms with Crippen molar-refractivity contribution in [3.05, 3.63) is 35.6 Å². The zero-order valence-corrected chi connectivity index (χ0v) is 11.0. The molecule has 2 nitrogen and oxygen atoms in total. The van der Waals surface area contributed by atoms with Crippen LogP contribution in [0.25, 0.3) is 0 Å². The molecular weight excluding hydrogens is 219 g/mol. The lowest BCUT2D eigenvalue weighted by molar-refractivity contribution is -0.147. The first-order valence-corrected chi connectivity index (χ1v) is 6.04. The first kappa shape index (κ1) is 15.6. The molecule has 0 aromatic heterocycles. The second kappa shape index (κ2) is 8.74. The van der Waals surface area contributed by atoms with Crippen molar-refractivity contribution in [3.8, 4) is 0 Å². The predicted molar refractivity (Wildman–Crippen MR) is 67.2 cm³/mol. The fourth-order valence-electron chi connectivity index (χ4n) is 1.34. The summed E-state index contributed by atoms with van der Waals surface area (Å²) >= 11 is 0. The number of ether oxygens (including phenoxy) is 1. The number of esters is 1. The normalized spacial score (nSPS) is 11.1. The Morgan fingerprint density at radius 2 is 1.82 bits per heavy atom. The summed E-state index contributed by atoms with van der Waals surface area (Å²) < 4.78 is 17.5. The van der Waals surface area contributed by atoms with Crippen LogP contribution in [0.3, 0.4) is 0 Å². The third-order valence-corrected chi connectivity index (χ3v) is 2.14. The highest BCUT2D eigenvalue weighted by molar-refractivity contribution is 5.72. The Hall–Kier alpha value is -1.38. The van der Waals surface area contributed by atoms with Crippen LogP contribution in [0.5, 0.6) is 0 Å². The fourth-order valence-corrected chi connectivity index (χ4v) is 1.34. The topological polar surface area (TPSA) is 26.3 Å². The summed E-state index contributed by atoms with van der Waals surface area (Å²) in [5.74, 6) is -0.653. The molecule has 0 radical (unpaired) electrons. The minimum atomic E-state index is -0.262. The standard InChI is InChI=1S/C12H15FO2.C2H6/c1-3-15-12(14)9(2)8-10-4-6-11(13)7-5-10;1-2/h4-7,9H,3,8H2,1-2H3;1-2H3. The van der Waals surface area contributed by atoms with Crippen molar-refractivity contribution in [2.75, 3.05) is 6.61 Å². The number of carbonyl (C=O) groups excluding carboxylic acids is 1. The Morgan fingerprint density at radius 1 is 1.29 bits per heavy atom. The maximum Gasteiger partial charge on any atom is 0.308 e. The van der Waals surface area contributed by atoms with Gasteiger partial charge in [0.2, 0.25) is 0 Å². The molecule has 1 aromatic rings. The molecule has 0 amide bonds. The zero-order chi connectivity index (χ0) is 13.3. The molecule has 0 saturated heterocycles. The summed E-state index contributed by atoms with van der Waals surface area (Å²) in [4.78, 5) is 11.3. The van der Waals surface area contributed by atoms with E-state index in [4.69, 9.17) is 4.74 Å². The molecule has 0 saturated carbocycles. The van der Waals surface area contributed by atoms with Gasteiger partial charge in [0, 0.05) is 0 Å². The third-order valence-electron chi connectivity index (χ3n) is 2.14. The van der Waals surface area contributed by atoms with E-state index >= 15 is 0 Å². The van der Waals surface area contributed by atoms with Gasteiger partial charge in [0.25, 0.3) is 0 Å². The maximum atomic E-state index is 12.6. The minimum absolute atomic E-state index is 0.185. The molecule has 1 rings (SSSR count). The fraction of sp³-hybridized carbons (Fsp3) is 0.500. The van der Waals surface area contributed by atoms with Crippen molar-refractivity contribution in [2.24, 2.45) is 5.92 Å². The van der Waals surface area contributed by atoms with E-state index < -0.39 is 0 Å². The molecule has 17 heavy (non-hydrogen) atoms. The highest BCUT2D eigenvalue weighted by Crippen LogP contribution is 2.10. The largest absolute Gasteiger partial charge is 0.466 e. The van der Waals surface area contributed by atoms with E-state index in [1.54, 1.807) is 26.0 Å². The Bertz CT molecular complexity index is 319. The molecule has 0 N–H and O–H groups in total. The molecule has 1 aromatic carbocycles. The Labute approximate surface area is 103 Å². The molecule has 0 aliphatic rings. The van der Waals surface area contributed by atoms with Crippen molar-refractivity contribution in [2.45, 2.75) is 34.1 Å². The lowest BCUT2D eigenvalue weighted by atomic mass is 10.0. The first-order chi connectivity index (χ1) is 8.13. The maximum absolute atomic E-state index is 12.6. The van der Waals surface area contributed by atoms with Gasteiger partial charge in [-0.3, -0.25) is 4.79 Å². The van der Waals surface area contributed by atoms with Crippen LogP contribution in [0, 0.1) is 11.7 Å². The number of benzene rings is 1. The average Bonchev–Trinajstić information content (AvgIpc) is 2.35. The van der Waals surface area contributed by atoms with Crippen LogP contribution in [0.1, 0.15) is 33.3 Å². The quantitative estimate of drug-likeness (QED) is 0.752. The SMILES string of the molecule is CC.CCOC(=O)C(C)Cc1ccc(F)cc1. The van der Waals surface area contributed by atoms with Crippen molar-refractivity contribution in [1.82, 2.24) is 0 Å². The predicted octanol–water partition coefficient (Wildman–Crippen LogP) is 3.59. The van der Waals surface area contributed by atoms with Crippen LogP contribution in [0.15, 0.2) is 24.3 Å². The van der Waals surface area contributed by atoms with E-state index in [2.05, 4.69) is 0 Å². The number of hydrogen-bond acceptors (Lipinski definition) is 2. The molecule has 1 unspecified atom stereocenters. The van der Waals surface area contributed by atoms with E-state index in [1.165, 1.54) is 12.1 Å². The van der Waals surface area contributed by atoms with Gasteiger partial charge in [0.15, 0.2) is 0 Å². The lowest BCUT2D eigenvalue weighted by Crippen LogP contribution is -2.16. The van der Waals surface area contributed by atoms with Gasteiger partial charge in [-0.2, -0.15) is 0 Å². The summed E-state index contributed by atoms with van der Waals surface area (Å²) in [7, 11) is 0. The highest BCUT2D eigenvalue weighted by Gasteiger charge is 2.14. The van der Waals surface area contributed by atoms with Gasteiger partial charge in [-0.1, -0.05) is 32.9 Å². The molecule has 0 aliphatic carbocycles. The van der Waals surface area contributed by atoms with Gasteiger partial charge < -0.3 is 4.74 Å². The summed E-state index contributed by atoms with van der Waals surface area (Å²) in [6.45, 7) is 7.98. The van der Waals surface area contributed by atoms with Gasteiger partial charge in [-0.05, 0) is 31.0 Å². The molecule has 0 fully saturated rings. The molecule has 0 aliphatic heterocycles. The summed E-state index contributed by atoms with van der Waals surface area (Å²) in [5.41, 5.74) is 0.942. The molecule has 3 heteroatoms. The van der Waals surface area contributed by atoms with Crippen LogP contribution in [0.4, 0.5) is 4.39 Å². The number of halogens is 1. The van der Waals surface area contributed by atoms with Crippen molar-refractivity contribution in [1.29, 1.82) is 0 Å². The monoisotopic (exact) mass is 240 g/mol. The van der Waals surface area contributed by atoms with Crippen LogP contribution in [-0.4, -0.2) is 12.6 Å². The molecule has 0 heterocycles. The molecule has 96 valence electrons. The van der Waals surface area contributed by atoms with Crippen LogP contribution >= 0.6 is 0 Å². The van der Waals surface area contributed by atoms with Crippen molar-refractivity contribution < 1.29 is 13.9 Å². The van der Waals surface area contributed by atoms with E-state index in [0.717, 1.165) is 5.56 Å². The van der Waals surface area contributed by atoms with Gasteiger partial charge in [0.1, 0.15) is 5.82 Å². The summed E-state index contributed by atoms with van der Waals surface area (Å²) in [6.07, 6.45) is 0.582. The molecular formula is C14H21FO2. The molecule has 0 bridgehead atoms. The van der Waals surface area contributed by atoms with E-state index in [1.807, 2.05) is 13.8 Å². The highest BCUT2D eigenvalue weighted by atomic mass is 19.1.